The van der Waals surface area contributed by atoms with Gasteiger partial charge in [0.2, 0.25) is 0 Å². The number of nitrogens with one attached hydrogen (secondary N) is 1. The Morgan fingerprint density at radius 3 is 2.60 bits per heavy atom. The summed E-state index contributed by atoms with van der Waals surface area (Å²) in [4.78, 5) is 16.1. The first kappa shape index (κ1) is 15.7. The van der Waals surface area contributed by atoms with Crippen LogP contribution in [0.3, 0.4) is 0 Å². The van der Waals surface area contributed by atoms with Crippen molar-refractivity contribution in [1.29, 1.82) is 0 Å². The molecule has 20 heavy (non-hydrogen) atoms. The minimum Gasteiger partial charge on any atom is -0.481 e. The highest BCUT2D eigenvalue weighted by Crippen LogP contribution is 2.29. The van der Waals surface area contributed by atoms with Crippen molar-refractivity contribution in [2.24, 2.45) is 11.8 Å². The highest BCUT2D eigenvalue weighted by Gasteiger charge is 2.30. The van der Waals surface area contributed by atoms with Crippen LogP contribution in [0.25, 0.3) is 0 Å². The normalized spacial score (nSPS) is 29.4. The lowest BCUT2D eigenvalue weighted by Crippen LogP contribution is -2.47. The topological polar surface area (TPSA) is 55.8 Å². The molecule has 0 radical (unpaired) electrons. The van der Waals surface area contributed by atoms with Gasteiger partial charge in [0.15, 0.2) is 0 Å². The van der Waals surface area contributed by atoms with Gasteiger partial charge in [-0.2, -0.15) is 0 Å². The van der Waals surface area contributed by atoms with Gasteiger partial charge in [-0.25, -0.2) is 0 Å². The van der Waals surface area contributed by atoms with Crippen molar-refractivity contribution in [2.45, 2.75) is 25.7 Å². The van der Waals surface area contributed by atoms with Crippen LogP contribution in [0.1, 0.15) is 25.7 Å². The molecule has 0 spiro atoms. The number of hydrogen-bond donors (Lipinski definition) is 2. The third-order valence-corrected chi connectivity index (χ3v) is 4.83. The van der Waals surface area contributed by atoms with Gasteiger partial charge in [-0.05, 0) is 32.4 Å². The standard InChI is InChI=1S/C15H29N3O2/c1-17-8-10-18(11-9-17)7-6-16-12-13-4-2-3-5-14(13)15(19)20/h13-14,16H,2-12H2,1H3,(H,19,20). The molecule has 2 unspecified atom stereocenters. The summed E-state index contributed by atoms with van der Waals surface area (Å²) in [5.74, 6) is -0.399. The third-order valence-electron chi connectivity index (χ3n) is 4.83. The molecular formula is C15H29N3O2. The van der Waals surface area contributed by atoms with E-state index in [1.54, 1.807) is 0 Å². The Hall–Kier alpha value is -0.650. The average Bonchev–Trinajstić information content (AvgIpc) is 2.46. The summed E-state index contributed by atoms with van der Waals surface area (Å²) in [6.45, 7) is 7.54. The zero-order chi connectivity index (χ0) is 14.4. The molecule has 2 atom stereocenters. The molecule has 2 N–H and O–H groups in total. The van der Waals surface area contributed by atoms with E-state index in [9.17, 15) is 9.90 Å². The van der Waals surface area contributed by atoms with Crippen molar-refractivity contribution in [3.05, 3.63) is 0 Å². The van der Waals surface area contributed by atoms with Crippen LogP contribution in [0.2, 0.25) is 0 Å². The molecule has 1 heterocycles. The number of aliphatic carboxylic acids is 1. The van der Waals surface area contributed by atoms with Gasteiger partial charge in [0, 0.05) is 39.3 Å². The van der Waals surface area contributed by atoms with Gasteiger partial charge in [-0.1, -0.05) is 12.8 Å². The van der Waals surface area contributed by atoms with Gasteiger partial charge >= 0.3 is 5.97 Å². The Morgan fingerprint density at radius 1 is 1.20 bits per heavy atom. The highest BCUT2D eigenvalue weighted by molar-refractivity contribution is 5.70. The first-order valence-corrected chi connectivity index (χ1v) is 8.01. The number of carboxylic acids is 1. The maximum atomic E-state index is 11.2. The number of nitrogens with zero attached hydrogens (tertiary/aromatic N) is 2. The molecule has 0 bridgehead atoms. The van der Waals surface area contributed by atoms with Gasteiger partial charge in [0.05, 0.1) is 5.92 Å². The van der Waals surface area contributed by atoms with Crippen LogP contribution in [0.15, 0.2) is 0 Å². The molecule has 5 heteroatoms. The van der Waals surface area contributed by atoms with Crippen LogP contribution in [0, 0.1) is 11.8 Å². The zero-order valence-corrected chi connectivity index (χ0v) is 12.7. The number of carbonyl (C=O) groups is 1. The Morgan fingerprint density at radius 2 is 1.90 bits per heavy atom. The van der Waals surface area contributed by atoms with Gasteiger partial charge in [0.1, 0.15) is 0 Å². The highest BCUT2D eigenvalue weighted by atomic mass is 16.4. The lowest BCUT2D eigenvalue weighted by molar-refractivity contribution is -0.144. The molecule has 116 valence electrons. The van der Waals surface area contributed by atoms with Gasteiger partial charge in [-0.15, -0.1) is 0 Å². The van der Waals surface area contributed by atoms with Crippen LogP contribution >= 0.6 is 0 Å². The number of piperazine rings is 1. The first-order valence-electron chi connectivity index (χ1n) is 8.01. The van der Waals surface area contributed by atoms with Crippen molar-refractivity contribution in [3.8, 4) is 0 Å². The van der Waals surface area contributed by atoms with Crippen LogP contribution in [-0.4, -0.2) is 73.7 Å². The molecule has 2 aliphatic rings. The van der Waals surface area contributed by atoms with Gasteiger partial charge in [0.25, 0.3) is 0 Å². The summed E-state index contributed by atoms with van der Waals surface area (Å²) in [6.07, 6.45) is 4.20. The fraction of sp³-hybridized carbons (Fsp3) is 0.933. The molecule has 1 aliphatic heterocycles. The van der Waals surface area contributed by atoms with Crippen molar-refractivity contribution >= 4 is 5.97 Å². The minimum atomic E-state index is -0.601. The predicted octanol–water partition coefficient (Wildman–Crippen LogP) is 0.714. The van der Waals surface area contributed by atoms with Crippen LogP contribution < -0.4 is 5.32 Å². The summed E-state index contributed by atoms with van der Waals surface area (Å²) in [5, 5.41) is 12.7. The lowest BCUT2D eigenvalue weighted by atomic mass is 9.79. The second-order valence-corrected chi connectivity index (χ2v) is 6.34. The Kier molecular flexibility index (Phi) is 6.26. The van der Waals surface area contributed by atoms with Crippen LogP contribution in [0.4, 0.5) is 0 Å². The zero-order valence-electron chi connectivity index (χ0n) is 12.7. The molecule has 5 nitrogen and oxygen atoms in total. The first-order chi connectivity index (χ1) is 9.66. The van der Waals surface area contributed by atoms with Crippen molar-refractivity contribution < 1.29 is 9.90 Å². The van der Waals surface area contributed by atoms with E-state index in [1.807, 2.05) is 0 Å². The Labute approximate surface area is 122 Å². The maximum absolute atomic E-state index is 11.2. The molecule has 0 amide bonds. The molecule has 0 aromatic heterocycles. The fourth-order valence-corrected chi connectivity index (χ4v) is 3.37. The second kappa shape index (κ2) is 7.96. The Bertz CT molecular complexity index is 303. The molecule has 1 saturated heterocycles. The minimum absolute atomic E-state index is 0.125. The number of carboxylic acid groups (broad SMARTS) is 1. The Balaban J connectivity index is 1.61. The molecule has 0 aromatic carbocycles. The van der Waals surface area contributed by atoms with Crippen LogP contribution in [-0.2, 0) is 4.79 Å². The maximum Gasteiger partial charge on any atom is 0.306 e. The van der Waals surface area contributed by atoms with E-state index in [1.165, 1.54) is 6.42 Å². The SMILES string of the molecule is CN1CCN(CCNCC2CCCCC2C(=O)O)CC1. The number of rotatable bonds is 6. The van der Waals surface area contributed by atoms with Gasteiger partial charge < -0.3 is 15.3 Å². The van der Waals surface area contributed by atoms with Crippen molar-refractivity contribution in [1.82, 2.24) is 15.1 Å². The average molecular weight is 283 g/mol. The molecular weight excluding hydrogens is 254 g/mol. The summed E-state index contributed by atoms with van der Waals surface area (Å²) in [5.41, 5.74) is 0. The number of hydrogen-bond acceptors (Lipinski definition) is 4. The molecule has 1 saturated carbocycles. The smallest absolute Gasteiger partial charge is 0.306 e. The predicted molar refractivity (Wildman–Crippen MR) is 79.9 cm³/mol. The monoisotopic (exact) mass is 283 g/mol. The van der Waals surface area contributed by atoms with E-state index in [2.05, 4.69) is 22.2 Å². The second-order valence-electron chi connectivity index (χ2n) is 6.34. The van der Waals surface area contributed by atoms with Gasteiger partial charge in [-0.3, -0.25) is 9.69 Å². The fourth-order valence-electron chi connectivity index (χ4n) is 3.37. The van der Waals surface area contributed by atoms with E-state index in [0.717, 1.165) is 65.1 Å². The summed E-state index contributed by atoms with van der Waals surface area (Å²) in [7, 11) is 2.17. The lowest BCUT2D eigenvalue weighted by Gasteiger charge is -2.33. The van der Waals surface area contributed by atoms with E-state index < -0.39 is 5.97 Å². The summed E-state index contributed by atoms with van der Waals surface area (Å²) < 4.78 is 0. The molecule has 2 fully saturated rings. The molecule has 0 aromatic rings. The molecule has 2 rings (SSSR count). The van der Waals surface area contributed by atoms with Crippen LogP contribution in [0.5, 0.6) is 0 Å². The van der Waals surface area contributed by atoms with Crippen molar-refractivity contribution in [2.75, 3.05) is 52.9 Å². The quantitative estimate of drug-likeness (QED) is 0.703. The summed E-state index contributed by atoms with van der Waals surface area (Å²) in [6, 6.07) is 0. The molecule has 1 aliphatic carbocycles. The largest absolute Gasteiger partial charge is 0.481 e. The van der Waals surface area contributed by atoms with E-state index in [0.29, 0.717) is 5.92 Å². The summed E-state index contributed by atoms with van der Waals surface area (Å²) >= 11 is 0. The van der Waals surface area contributed by atoms with E-state index in [-0.39, 0.29) is 5.92 Å². The van der Waals surface area contributed by atoms with E-state index in [4.69, 9.17) is 0 Å². The third kappa shape index (κ3) is 4.72. The van der Waals surface area contributed by atoms with E-state index >= 15 is 0 Å². The number of likely N-dealkylation sites (N-methyl/N-ethyl adjacent to an activating group) is 1. The van der Waals surface area contributed by atoms with Crippen molar-refractivity contribution in [3.63, 3.8) is 0 Å².